The summed E-state index contributed by atoms with van der Waals surface area (Å²) in [5.41, 5.74) is 8.08. The number of benzene rings is 1. The molecule has 3 aliphatic rings. The van der Waals surface area contributed by atoms with Crippen LogP contribution >= 0.6 is 0 Å². The van der Waals surface area contributed by atoms with Crippen LogP contribution in [0.2, 0.25) is 0 Å². The lowest BCUT2D eigenvalue weighted by molar-refractivity contribution is -0.157. The van der Waals surface area contributed by atoms with Gasteiger partial charge in [0.1, 0.15) is 19.9 Å². The van der Waals surface area contributed by atoms with E-state index in [0.29, 0.717) is 44.9 Å². The second-order valence-corrected chi connectivity index (χ2v) is 9.08. The fourth-order valence-electron chi connectivity index (χ4n) is 4.89. The quantitative estimate of drug-likeness (QED) is 0.127. The molecular weight excluding hydrogens is 514 g/mol. The molecule has 202 valence electrons. The summed E-state index contributed by atoms with van der Waals surface area (Å²) in [7, 11) is 0. The molecule has 14 heteroatoms. The van der Waals surface area contributed by atoms with E-state index in [1.807, 2.05) is 0 Å². The number of amides is 2. The topological polar surface area (TPSA) is 193 Å². The molecule has 3 aliphatic heterocycles. The van der Waals surface area contributed by atoms with Crippen molar-refractivity contribution in [1.29, 1.82) is 0 Å². The number of nitrogens with zero attached hydrogens (tertiary/aromatic N) is 2. The SMILES string of the molecule is NCC(=O)NCOCC(=O)NCc1c2c(nc3cc4c(cc13)OCO4)-c1cc3c(c(=O)n1C2)COC(=O)[C@H]3O. The molecule has 2 amide bonds. The van der Waals surface area contributed by atoms with Crippen molar-refractivity contribution in [2.75, 3.05) is 26.7 Å². The normalized spacial score (nSPS) is 16.4. The van der Waals surface area contributed by atoms with Crippen molar-refractivity contribution in [2.45, 2.75) is 25.8 Å². The number of ether oxygens (including phenoxy) is 4. The largest absolute Gasteiger partial charge is 0.458 e. The lowest BCUT2D eigenvalue weighted by Gasteiger charge is -2.21. The first kappa shape index (κ1) is 24.8. The highest BCUT2D eigenvalue weighted by atomic mass is 16.7. The molecule has 0 bridgehead atoms. The number of nitrogens with one attached hydrogen (secondary N) is 2. The van der Waals surface area contributed by atoms with Crippen LogP contribution in [0.1, 0.15) is 28.4 Å². The molecule has 1 aromatic carbocycles. The Morgan fingerprint density at radius 1 is 1.10 bits per heavy atom. The third-order valence-corrected chi connectivity index (χ3v) is 6.82. The average molecular weight is 537 g/mol. The Labute approximate surface area is 219 Å². The van der Waals surface area contributed by atoms with Crippen molar-refractivity contribution >= 4 is 28.7 Å². The van der Waals surface area contributed by atoms with Gasteiger partial charge in [-0.2, -0.15) is 0 Å². The Morgan fingerprint density at radius 2 is 1.90 bits per heavy atom. The van der Waals surface area contributed by atoms with E-state index in [-0.39, 0.29) is 57.5 Å². The van der Waals surface area contributed by atoms with E-state index >= 15 is 0 Å². The number of esters is 1. The zero-order valence-electron chi connectivity index (χ0n) is 20.4. The molecule has 6 rings (SSSR count). The van der Waals surface area contributed by atoms with Gasteiger partial charge in [-0.3, -0.25) is 14.4 Å². The Balaban J connectivity index is 1.37. The van der Waals surface area contributed by atoms with Crippen LogP contribution < -0.4 is 31.4 Å². The van der Waals surface area contributed by atoms with Crippen LogP contribution in [0.5, 0.6) is 11.5 Å². The molecule has 2 aromatic heterocycles. The summed E-state index contributed by atoms with van der Waals surface area (Å²) in [5, 5.41) is 16.3. The summed E-state index contributed by atoms with van der Waals surface area (Å²) >= 11 is 0. The van der Waals surface area contributed by atoms with Crippen molar-refractivity contribution in [1.82, 2.24) is 20.2 Å². The Kier molecular flexibility index (Phi) is 6.13. The predicted octanol–water partition coefficient (Wildman–Crippen LogP) is -1.09. The van der Waals surface area contributed by atoms with E-state index < -0.39 is 29.4 Å². The maximum absolute atomic E-state index is 13.3. The van der Waals surface area contributed by atoms with Crippen LogP contribution in [0.25, 0.3) is 22.3 Å². The number of nitrogens with two attached hydrogens (primary N) is 1. The molecule has 0 unspecified atom stereocenters. The first-order valence-electron chi connectivity index (χ1n) is 12.0. The summed E-state index contributed by atoms with van der Waals surface area (Å²) in [5.74, 6) is -0.627. The minimum atomic E-state index is -1.57. The first-order chi connectivity index (χ1) is 18.9. The highest BCUT2D eigenvalue weighted by molar-refractivity contribution is 5.91. The monoisotopic (exact) mass is 537 g/mol. The number of aromatic nitrogens is 2. The number of aliphatic hydroxyl groups is 1. The van der Waals surface area contributed by atoms with Crippen LogP contribution in [0.15, 0.2) is 23.0 Å². The molecule has 0 radical (unpaired) electrons. The highest BCUT2D eigenvalue weighted by Gasteiger charge is 2.35. The van der Waals surface area contributed by atoms with Gasteiger partial charge in [0.05, 0.1) is 35.6 Å². The molecule has 0 saturated heterocycles. The van der Waals surface area contributed by atoms with Crippen molar-refractivity contribution in [3.63, 3.8) is 0 Å². The second kappa shape index (κ2) is 9.65. The van der Waals surface area contributed by atoms with Crippen LogP contribution in [0.3, 0.4) is 0 Å². The zero-order chi connectivity index (χ0) is 27.3. The van der Waals surface area contributed by atoms with Gasteiger partial charge in [-0.25, -0.2) is 9.78 Å². The minimum Gasteiger partial charge on any atom is -0.458 e. The molecule has 3 aromatic rings. The van der Waals surface area contributed by atoms with Crippen LogP contribution in [0.4, 0.5) is 0 Å². The van der Waals surface area contributed by atoms with E-state index in [2.05, 4.69) is 10.6 Å². The predicted molar refractivity (Wildman–Crippen MR) is 131 cm³/mol. The third-order valence-electron chi connectivity index (χ3n) is 6.82. The maximum atomic E-state index is 13.3. The molecule has 5 N–H and O–H groups in total. The third kappa shape index (κ3) is 4.24. The molecular formula is C25H23N5O9. The molecule has 5 heterocycles. The summed E-state index contributed by atoms with van der Waals surface area (Å²) in [4.78, 5) is 53.8. The molecule has 0 saturated carbocycles. The highest BCUT2D eigenvalue weighted by Crippen LogP contribution is 2.42. The van der Waals surface area contributed by atoms with E-state index in [1.54, 1.807) is 18.2 Å². The number of carbonyl (C=O) groups excluding carboxylic acids is 3. The number of cyclic esters (lactones) is 1. The van der Waals surface area contributed by atoms with Crippen LogP contribution in [-0.2, 0) is 43.6 Å². The van der Waals surface area contributed by atoms with Gasteiger partial charge in [0, 0.05) is 29.1 Å². The average Bonchev–Trinajstić information content (AvgIpc) is 3.54. The first-order valence-corrected chi connectivity index (χ1v) is 12.0. The Bertz CT molecular complexity index is 1620. The number of rotatable bonds is 7. The van der Waals surface area contributed by atoms with Gasteiger partial charge in [-0.1, -0.05) is 0 Å². The number of pyridine rings is 2. The zero-order valence-corrected chi connectivity index (χ0v) is 20.4. The number of hydrogen-bond acceptors (Lipinski definition) is 11. The number of carbonyl (C=O) groups is 3. The van der Waals surface area contributed by atoms with Crippen molar-refractivity contribution in [3.05, 3.63) is 50.8 Å². The molecule has 1 atom stereocenters. The lowest BCUT2D eigenvalue weighted by Crippen LogP contribution is -2.34. The summed E-state index contributed by atoms with van der Waals surface area (Å²) < 4.78 is 22.7. The maximum Gasteiger partial charge on any atom is 0.340 e. The van der Waals surface area contributed by atoms with Gasteiger partial charge in [-0.05, 0) is 17.7 Å². The van der Waals surface area contributed by atoms with Gasteiger partial charge in [0.15, 0.2) is 17.6 Å². The van der Waals surface area contributed by atoms with Gasteiger partial charge >= 0.3 is 5.97 Å². The van der Waals surface area contributed by atoms with Gasteiger partial charge in [-0.15, -0.1) is 0 Å². The Morgan fingerprint density at radius 3 is 2.69 bits per heavy atom. The Hall–Kier alpha value is -4.53. The van der Waals surface area contributed by atoms with Gasteiger partial charge in [0.25, 0.3) is 5.56 Å². The second-order valence-electron chi connectivity index (χ2n) is 9.08. The molecule has 0 fully saturated rings. The van der Waals surface area contributed by atoms with Crippen molar-refractivity contribution in [2.24, 2.45) is 5.73 Å². The smallest absolute Gasteiger partial charge is 0.340 e. The molecule has 0 spiro atoms. The fourth-order valence-corrected chi connectivity index (χ4v) is 4.89. The van der Waals surface area contributed by atoms with E-state index in [0.717, 1.165) is 0 Å². The van der Waals surface area contributed by atoms with Crippen LogP contribution in [-0.4, -0.2) is 59.1 Å². The van der Waals surface area contributed by atoms with Gasteiger partial charge < -0.3 is 45.0 Å². The van der Waals surface area contributed by atoms with E-state index in [4.69, 9.17) is 29.7 Å². The lowest BCUT2D eigenvalue weighted by atomic mass is 9.98. The van der Waals surface area contributed by atoms with Crippen LogP contribution in [0, 0.1) is 0 Å². The van der Waals surface area contributed by atoms with E-state index in [9.17, 15) is 24.3 Å². The summed E-state index contributed by atoms with van der Waals surface area (Å²) in [6.07, 6.45) is -1.57. The fraction of sp³-hybridized carbons (Fsp3) is 0.320. The van der Waals surface area contributed by atoms with E-state index in [1.165, 1.54) is 4.57 Å². The van der Waals surface area contributed by atoms with Gasteiger partial charge in [0.2, 0.25) is 18.6 Å². The van der Waals surface area contributed by atoms with Crippen molar-refractivity contribution in [3.8, 4) is 22.9 Å². The number of hydrogen-bond donors (Lipinski definition) is 4. The molecule has 0 aliphatic carbocycles. The summed E-state index contributed by atoms with van der Waals surface area (Å²) in [6.45, 7) is -0.594. The summed E-state index contributed by atoms with van der Waals surface area (Å²) in [6, 6.07) is 5.08. The number of fused-ring (bicyclic) bond motifs is 6. The van der Waals surface area contributed by atoms with Crippen molar-refractivity contribution < 1.29 is 38.4 Å². The standard InChI is InChI=1S/C25H23N5O9/c26-4-20(31)28-9-36-8-21(32)27-5-13-11-2-18-19(39-10-38-18)3-16(11)29-22-14(13)6-30-17(22)1-12-15(24(30)34)7-37-25(35)23(12)33/h1-3,23,33H,4-10,26H2,(H,27,32)(H,28,31)/t23-/m0/s1. The molecule has 39 heavy (non-hydrogen) atoms. The molecule has 14 nitrogen and oxygen atoms in total. The number of aliphatic hydroxyl groups excluding tert-OH is 1. The minimum absolute atomic E-state index is 0.0633.